The Kier molecular flexibility index (Phi) is 10.6. The van der Waals surface area contributed by atoms with Gasteiger partial charge in [0.05, 0.1) is 5.69 Å². The van der Waals surface area contributed by atoms with Crippen molar-refractivity contribution in [2.45, 2.75) is 110 Å². The van der Waals surface area contributed by atoms with Gasteiger partial charge in [-0.2, -0.15) is 0 Å². The first-order valence-corrected chi connectivity index (χ1v) is 13.7. The fourth-order valence-corrected chi connectivity index (χ4v) is 5.31. The van der Waals surface area contributed by atoms with E-state index in [-0.39, 0.29) is 0 Å². The summed E-state index contributed by atoms with van der Waals surface area (Å²) in [6.07, 6.45) is 24.7. The molecule has 0 amide bonds. The van der Waals surface area contributed by atoms with Crippen LogP contribution in [0, 0.1) is 0 Å². The number of aromatic nitrogens is 2. The van der Waals surface area contributed by atoms with Crippen LogP contribution in [0.4, 0.5) is 0 Å². The molecule has 0 aliphatic rings. The highest BCUT2D eigenvalue weighted by molar-refractivity contribution is 7.17. The molecule has 3 heteroatoms. The molecule has 0 unspecified atom stereocenters. The molecule has 1 aromatic carbocycles. The number of benzene rings is 1. The number of hydrogen-bond donors (Lipinski definition) is 0. The monoisotopic (exact) mass is 438 g/mol. The summed E-state index contributed by atoms with van der Waals surface area (Å²) in [5.41, 5.74) is 3.78. The number of fused-ring (bicyclic) bond motifs is 1. The normalized spacial score (nSPS) is 11.5. The van der Waals surface area contributed by atoms with Gasteiger partial charge in [-0.3, -0.25) is 4.40 Å². The highest BCUT2D eigenvalue weighted by Gasteiger charge is 2.08. The fourth-order valence-electron chi connectivity index (χ4n) is 4.31. The van der Waals surface area contributed by atoms with Crippen LogP contribution in [-0.4, -0.2) is 9.38 Å². The number of rotatable bonds is 16. The summed E-state index contributed by atoms with van der Waals surface area (Å²) in [6.45, 7) is 4.56. The van der Waals surface area contributed by atoms with Gasteiger partial charge in [-0.15, -0.1) is 11.3 Å². The average Bonchev–Trinajstić information content (AvgIpc) is 3.35. The van der Waals surface area contributed by atoms with E-state index in [2.05, 4.69) is 54.9 Å². The summed E-state index contributed by atoms with van der Waals surface area (Å²) in [7, 11) is 0. The number of hydrogen-bond acceptors (Lipinski definition) is 2. The molecule has 0 fully saturated rings. The van der Waals surface area contributed by atoms with E-state index in [4.69, 9.17) is 4.98 Å². The molecule has 2 nitrogen and oxygen atoms in total. The summed E-state index contributed by atoms with van der Waals surface area (Å²) >= 11 is 1.86. The first-order valence-electron chi connectivity index (χ1n) is 12.9. The van der Waals surface area contributed by atoms with Crippen LogP contribution >= 0.6 is 11.3 Å². The molecule has 2 aromatic heterocycles. The largest absolute Gasteiger partial charge is 0.297 e. The van der Waals surface area contributed by atoms with Crippen molar-refractivity contribution >= 4 is 16.3 Å². The van der Waals surface area contributed by atoms with Crippen LogP contribution in [0.5, 0.6) is 0 Å². The summed E-state index contributed by atoms with van der Waals surface area (Å²) in [4.78, 5) is 7.50. The zero-order valence-electron chi connectivity index (χ0n) is 19.9. The van der Waals surface area contributed by atoms with Crippen molar-refractivity contribution in [3.63, 3.8) is 0 Å². The van der Waals surface area contributed by atoms with Crippen LogP contribution in [0.25, 0.3) is 16.2 Å². The first-order chi connectivity index (χ1) is 15.3. The quantitative estimate of drug-likeness (QED) is 0.204. The zero-order chi connectivity index (χ0) is 21.7. The minimum atomic E-state index is 1.10. The van der Waals surface area contributed by atoms with Crippen molar-refractivity contribution < 1.29 is 0 Å². The van der Waals surface area contributed by atoms with Crippen LogP contribution < -0.4 is 0 Å². The minimum absolute atomic E-state index is 1.10. The van der Waals surface area contributed by atoms with E-state index >= 15 is 0 Å². The van der Waals surface area contributed by atoms with Crippen molar-refractivity contribution in [1.82, 2.24) is 9.38 Å². The third kappa shape index (κ3) is 8.11. The van der Waals surface area contributed by atoms with Gasteiger partial charge < -0.3 is 0 Å². The molecule has 0 radical (unpaired) electrons. The Labute approximate surface area is 194 Å². The van der Waals surface area contributed by atoms with Gasteiger partial charge in [-0.25, -0.2) is 4.98 Å². The Hall–Kier alpha value is -1.61. The van der Waals surface area contributed by atoms with E-state index in [9.17, 15) is 0 Å². The maximum absolute atomic E-state index is 4.90. The van der Waals surface area contributed by atoms with E-state index in [0.717, 1.165) is 10.7 Å². The van der Waals surface area contributed by atoms with Crippen LogP contribution in [0.15, 0.2) is 36.7 Å². The number of imidazole rings is 1. The molecular weight excluding hydrogens is 396 g/mol. The molecule has 0 spiro atoms. The van der Waals surface area contributed by atoms with Gasteiger partial charge in [0, 0.05) is 22.8 Å². The maximum atomic E-state index is 4.90. The molecule has 0 saturated carbocycles. The van der Waals surface area contributed by atoms with E-state index in [1.54, 1.807) is 0 Å². The molecule has 2 heterocycles. The molecule has 0 aliphatic carbocycles. The number of nitrogens with zero attached hydrogens (tertiary/aromatic N) is 2. The number of unbranched alkanes of at least 4 members (excludes halogenated alkanes) is 11. The van der Waals surface area contributed by atoms with Crippen LogP contribution in [0.1, 0.15) is 108 Å². The van der Waals surface area contributed by atoms with Gasteiger partial charge in [-0.1, -0.05) is 109 Å². The highest BCUT2D eigenvalue weighted by atomic mass is 32.1. The SMILES string of the molecule is CCCCCCCCCCc1cn2cc(-c3ccc(CCCCCCC)cc3)nc2s1. The van der Waals surface area contributed by atoms with E-state index in [1.807, 2.05) is 11.3 Å². The lowest BCUT2D eigenvalue weighted by Crippen LogP contribution is -1.87. The Bertz CT molecular complexity index is 827. The van der Waals surface area contributed by atoms with Gasteiger partial charge in [0.15, 0.2) is 4.96 Å². The van der Waals surface area contributed by atoms with Crippen molar-refractivity contribution in [3.05, 3.63) is 47.1 Å². The van der Waals surface area contributed by atoms with Crippen molar-refractivity contribution in [2.24, 2.45) is 0 Å². The third-order valence-corrected chi connectivity index (χ3v) is 7.36. The second-order valence-corrected chi connectivity index (χ2v) is 10.2. The predicted octanol–water partition coefficient (Wildman–Crippen LogP) is 9.26. The second-order valence-electron chi connectivity index (χ2n) is 9.10. The minimum Gasteiger partial charge on any atom is -0.297 e. The molecule has 3 aromatic rings. The average molecular weight is 439 g/mol. The second kappa shape index (κ2) is 13.7. The molecule has 0 atom stereocenters. The van der Waals surface area contributed by atoms with Crippen molar-refractivity contribution in [2.75, 3.05) is 0 Å². The van der Waals surface area contributed by atoms with Gasteiger partial charge in [-0.05, 0) is 31.2 Å². The molecule has 0 bridgehead atoms. The molecule has 170 valence electrons. The van der Waals surface area contributed by atoms with E-state index in [0.29, 0.717) is 0 Å². The maximum Gasteiger partial charge on any atom is 0.194 e. The Balaban J connectivity index is 1.42. The fraction of sp³-hybridized carbons (Fsp3) is 0.607. The van der Waals surface area contributed by atoms with Crippen molar-refractivity contribution in [3.8, 4) is 11.3 Å². The Morgan fingerprint density at radius 3 is 1.87 bits per heavy atom. The summed E-state index contributed by atoms with van der Waals surface area (Å²) < 4.78 is 2.22. The first kappa shape index (κ1) is 24.0. The molecule has 3 rings (SSSR count). The van der Waals surface area contributed by atoms with Gasteiger partial charge in [0.2, 0.25) is 0 Å². The third-order valence-electron chi connectivity index (χ3n) is 6.30. The smallest absolute Gasteiger partial charge is 0.194 e. The molecular formula is C28H42N2S. The van der Waals surface area contributed by atoms with E-state index in [1.165, 1.54) is 112 Å². The van der Waals surface area contributed by atoms with Crippen LogP contribution in [0.2, 0.25) is 0 Å². The van der Waals surface area contributed by atoms with Crippen molar-refractivity contribution in [1.29, 1.82) is 0 Å². The summed E-state index contributed by atoms with van der Waals surface area (Å²) in [5.74, 6) is 0. The lowest BCUT2D eigenvalue weighted by molar-refractivity contribution is 0.576. The lowest BCUT2D eigenvalue weighted by Gasteiger charge is -2.03. The Morgan fingerprint density at radius 2 is 1.26 bits per heavy atom. The molecule has 0 aliphatic heterocycles. The van der Waals surface area contributed by atoms with Gasteiger partial charge in [0.1, 0.15) is 0 Å². The summed E-state index contributed by atoms with van der Waals surface area (Å²) in [5, 5.41) is 0. The lowest BCUT2D eigenvalue weighted by atomic mass is 10.0. The topological polar surface area (TPSA) is 17.3 Å². The number of aryl methyl sites for hydroxylation is 2. The van der Waals surface area contributed by atoms with Gasteiger partial charge in [0.25, 0.3) is 0 Å². The van der Waals surface area contributed by atoms with Gasteiger partial charge >= 0.3 is 0 Å². The zero-order valence-corrected chi connectivity index (χ0v) is 20.7. The standard InChI is InChI=1S/C28H42N2S/c1-3-5-7-9-10-11-13-15-17-26-22-30-23-27(29-28(30)31-26)25-20-18-24(19-21-25)16-14-12-8-6-4-2/h18-23H,3-17H2,1-2H3. The molecule has 0 N–H and O–H groups in total. The van der Waals surface area contributed by atoms with Crippen LogP contribution in [-0.2, 0) is 12.8 Å². The highest BCUT2D eigenvalue weighted by Crippen LogP contribution is 2.26. The molecule has 0 saturated heterocycles. The Morgan fingerprint density at radius 1 is 0.677 bits per heavy atom. The number of thiazole rings is 1. The molecule has 31 heavy (non-hydrogen) atoms. The summed E-state index contributed by atoms with van der Waals surface area (Å²) in [6, 6.07) is 9.07. The van der Waals surface area contributed by atoms with Crippen LogP contribution in [0.3, 0.4) is 0 Å². The van der Waals surface area contributed by atoms with E-state index < -0.39 is 0 Å². The predicted molar refractivity (Wildman–Crippen MR) is 137 cm³/mol.